The van der Waals surface area contributed by atoms with Gasteiger partial charge in [-0.15, -0.1) is 0 Å². The Hall–Kier alpha value is -0.560. The number of ether oxygens (including phenoxy) is 1. The molecule has 1 nitrogen and oxygen atoms in total. The Labute approximate surface area is 206 Å². The zero-order valence-electron chi connectivity index (χ0n) is 23.0. The van der Waals surface area contributed by atoms with Gasteiger partial charge in [-0.2, -0.15) is 0 Å². The van der Waals surface area contributed by atoms with Gasteiger partial charge in [0.2, 0.25) is 0 Å². The fourth-order valence-electron chi connectivity index (χ4n) is 9.24. The molecule has 0 aromatic rings. The van der Waals surface area contributed by atoms with Gasteiger partial charge in [0.1, 0.15) is 0 Å². The molecule has 188 valence electrons. The van der Waals surface area contributed by atoms with E-state index in [0.717, 1.165) is 54.5 Å². The number of hydrogen-bond acceptors (Lipinski definition) is 1. The minimum Gasteiger partial charge on any atom is -0.378 e. The van der Waals surface area contributed by atoms with Crippen LogP contribution in [0.5, 0.6) is 0 Å². The molecule has 0 heterocycles. The Kier molecular flexibility index (Phi) is 7.89. The van der Waals surface area contributed by atoms with Crippen molar-refractivity contribution in [1.82, 2.24) is 0 Å². The molecule has 0 spiro atoms. The monoisotopic (exact) mass is 454 g/mol. The maximum atomic E-state index is 6.20. The normalized spacial score (nSPS) is 42.5. The predicted molar refractivity (Wildman–Crippen MR) is 142 cm³/mol. The fourth-order valence-corrected chi connectivity index (χ4v) is 9.24. The van der Waals surface area contributed by atoms with E-state index in [1.807, 2.05) is 0 Å². The van der Waals surface area contributed by atoms with Gasteiger partial charge in [-0.3, -0.25) is 0 Å². The molecule has 0 radical (unpaired) electrons. The van der Waals surface area contributed by atoms with E-state index in [9.17, 15) is 0 Å². The molecule has 33 heavy (non-hydrogen) atoms. The van der Waals surface area contributed by atoms with Crippen molar-refractivity contribution in [3.05, 3.63) is 23.8 Å². The fraction of sp³-hybridized carbons (Fsp3) is 0.875. The number of fused-ring (bicyclic) bond motifs is 5. The molecule has 0 bridgehead atoms. The second-order valence-electron chi connectivity index (χ2n) is 13.3. The van der Waals surface area contributed by atoms with Crippen LogP contribution in [0.1, 0.15) is 113 Å². The zero-order chi connectivity index (χ0) is 23.8. The molecule has 0 aromatic carbocycles. The lowest BCUT2D eigenvalue weighted by atomic mass is 9.47. The molecule has 3 fully saturated rings. The van der Waals surface area contributed by atoms with Gasteiger partial charge in [0.05, 0.1) is 6.10 Å². The van der Waals surface area contributed by atoms with Gasteiger partial charge in [-0.1, -0.05) is 72.3 Å². The highest BCUT2D eigenvalue weighted by Gasteiger charge is 2.59. The van der Waals surface area contributed by atoms with E-state index in [0.29, 0.717) is 16.9 Å². The molecule has 0 N–H and O–H groups in total. The average Bonchev–Trinajstić information content (AvgIpc) is 3.15. The summed E-state index contributed by atoms with van der Waals surface area (Å²) in [5.74, 6) is 5.87. The zero-order valence-corrected chi connectivity index (χ0v) is 23.0. The van der Waals surface area contributed by atoms with Crippen molar-refractivity contribution in [2.75, 3.05) is 6.61 Å². The van der Waals surface area contributed by atoms with Crippen LogP contribution in [-0.4, -0.2) is 12.7 Å². The number of hydrogen-bond donors (Lipinski definition) is 0. The summed E-state index contributed by atoms with van der Waals surface area (Å²) in [4.78, 5) is 0. The maximum Gasteiger partial charge on any atom is 0.0612 e. The third-order valence-electron chi connectivity index (χ3n) is 11.3. The molecule has 4 rings (SSSR count). The molecule has 4 aliphatic rings. The predicted octanol–water partition coefficient (Wildman–Crippen LogP) is 9.24. The highest BCUT2D eigenvalue weighted by atomic mass is 16.5. The summed E-state index contributed by atoms with van der Waals surface area (Å²) in [5, 5.41) is 0. The van der Waals surface area contributed by atoms with Gasteiger partial charge in [0.25, 0.3) is 0 Å². The largest absolute Gasteiger partial charge is 0.378 e. The molecular formula is C32H54O. The first-order chi connectivity index (χ1) is 15.7. The summed E-state index contributed by atoms with van der Waals surface area (Å²) in [6, 6.07) is 0. The lowest BCUT2D eigenvalue weighted by molar-refractivity contribution is -0.0612. The lowest BCUT2D eigenvalue weighted by Crippen LogP contribution is -2.50. The van der Waals surface area contributed by atoms with Gasteiger partial charge in [0, 0.05) is 6.61 Å². The topological polar surface area (TPSA) is 9.23 Å². The summed E-state index contributed by atoms with van der Waals surface area (Å²) >= 11 is 0. The first-order valence-corrected chi connectivity index (χ1v) is 14.7. The first-order valence-electron chi connectivity index (χ1n) is 14.7. The minimum absolute atomic E-state index is 0.450. The Balaban J connectivity index is 1.48. The second kappa shape index (κ2) is 10.2. The van der Waals surface area contributed by atoms with Crippen LogP contribution in [0.25, 0.3) is 0 Å². The lowest BCUT2D eigenvalue weighted by Gasteiger charge is -2.58. The van der Waals surface area contributed by atoms with Gasteiger partial charge < -0.3 is 4.74 Å². The molecule has 0 saturated heterocycles. The summed E-state index contributed by atoms with van der Waals surface area (Å²) < 4.78 is 6.20. The van der Waals surface area contributed by atoms with E-state index < -0.39 is 0 Å². The van der Waals surface area contributed by atoms with Gasteiger partial charge in [0.15, 0.2) is 0 Å². The smallest absolute Gasteiger partial charge is 0.0612 e. The van der Waals surface area contributed by atoms with Crippen molar-refractivity contribution in [3.8, 4) is 0 Å². The SMILES string of the molecule is CCCOC1CCC2(C)C(=CCC3C2CCC2(C)C(C(C)C=CC(CC)C(C)C)CCC32)C1. The first kappa shape index (κ1) is 25.5. The van der Waals surface area contributed by atoms with Crippen molar-refractivity contribution in [2.45, 2.75) is 119 Å². The van der Waals surface area contributed by atoms with E-state index in [4.69, 9.17) is 4.74 Å². The van der Waals surface area contributed by atoms with Crippen LogP contribution in [0, 0.1) is 52.3 Å². The van der Waals surface area contributed by atoms with Crippen LogP contribution in [0.15, 0.2) is 23.8 Å². The standard InChI is InChI=1S/C32H54O/c1-8-20-33-26-16-18-31(6)25(21-26)12-13-27-29-15-14-28(32(29,7)19-17-30(27)31)23(5)10-11-24(9-2)22(3)4/h10-12,22-24,26-30H,8-9,13-21H2,1-7H3. The van der Waals surface area contributed by atoms with Crippen molar-refractivity contribution in [1.29, 1.82) is 0 Å². The third kappa shape index (κ3) is 4.66. The highest BCUT2D eigenvalue weighted by molar-refractivity contribution is 5.25. The second-order valence-corrected chi connectivity index (χ2v) is 13.3. The van der Waals surface area contributed by atoms with Crippen molar-refractivity contribution in [2.24, 2.45) is 52.3 Å². The summed E-state index contributed by atoms with van der Waals surface area (Å²) in [7, 11) is 0. The van der Waals surface area contributed by atoms with Crippen LogP contribution in [0.3, 0.4) is 0 Å². The van der Waals surface area contributed by atoms with E-state index in [1.54, 1.807) is 5.57 Å². The third-order valence-corrected chi connectivity index (χ3v) is 11.3. The van der Waals surface area contributed by atoms with Gasteiger partial charge >= 0.3 is 0 Å². The summed E-state index contributed by atoms with van der Waals surface area (Å²) in [5.41, 5.74) is 2.77. The minimum atomic E-state index is 0.450. The molecule has 4 aliphatic carbocycles. The molecule has 0 aliphatic heterocycles. The Morgan fingerprint density at radius 1 is 1.00 bits per heavy atom. The molecule has 9 unspecified atom stereocenters. The number of allylic oxidation sites excluding steroid dienone is 3. The van der Waals surface area contributed by atoms with Crippen molar-refractivity contribution >= 4 is 0 Å². The van der Waals surface area contributed by atoms with Crippen molar-refractivity contribution < 1.29 is 4.74 Å². The summed E-state index contributed by atoms with van der Waals surface area (Å²) in [6.07, 6.45) is 21.8. The van der Waals surface area contributed by atoms with Crippen LogP contribution in [-0.2, 0) is 4.74 Å². The van der Waals surface area contributed by atoms with Crippen molar-refractivity contribution in [3.63, 3.8) is 0 Å². The molecule has 9 atom stereocenters. The molecule has 0 amide bonds. The molecular weight excluding hydrogens is 400 g/mol. The average molecular weight is 455 g/mol. The Morgan fingerprint density at radius 3 is 2.48 bits per heavy atom. The summed E-state index contributed by atoms with van der Waals surface area (Å²) in [6.45, 7) is 18.2. The molecule has 0 aromatic heterocycles. The van der Waals surface area contributed by atoms with E-state index >= 15 is 0 Å². The Bertz CT molecular complexity index is 718. The van der Waals surface area contributed by atoms with Crippen LogP contribution < -0.4 is 0 Å². The van der Waals surface area contributed by atoms with Gasteiger partial charge in [-0.05, 0) is 116 Å². The highest BCUT2D eigenvalue weighted by Crippen LogP contribution is 2.67. The molecule has 3 saturated carbocycles. The Morgan fingerprint density at radius 2 is 1.79 bits per heavy atom. The van der Waals surface area contributed by atoms with E-state index in [1.165, 1.54) is 57.8 Å². The van der Waals surface area contributed by atoms with Crippen LogP contribution >= 0.6 is 0 Å². The van der Waals surface area contributed by atoms with Crippen LogP contribution in [0.2, 0.25) is 0 Å². The van der Waals surface area contributed by atoms with Gasteiger partial charge in [-0.25, -0.2) is 0 Å². The number of rotatable bonds is 8. The quantitative estimate of drug-likeness (QED) is 0.332. The van der Waals surface area contributed by atoms with E-state index in [2.05, 4.69) is 66.7 Å². The van der Waals surface area contributed by atoms with E-state index in [-0.39, 0.29) is 0 Å². The van der Waals surface area contributed by atoms with Crippen LogP contribution in [0.4, 0.5) is 0 Å². The maximum absolute atomic E-state index is 6.20. The molecule has 1 heteroatoms.